The molecule has 1 aromatic carbocycles. The predicted octanol–water partition coefficient (Wildman–Crippen LogP) is 3.87. The maximum Gasteiger partial charge on any atom is 0.422 e. The van der Waals surface area contributed by atoms with Gasteiger partial charge < -0.3 is 10.1 Å². The van der Waals surface area contributed by atoms with E-state index in [0.29, 0.717) is 5.75 Å². The van der Waals surface area contributed by atoms with Gasteiger partial charge in [-0.15, -0.1) is 0 Å². The standard InChI is InChI=1S/C16H18F3N3O2S/c1-11-4-3-5-13(12(11)2)22-8-6-20-14(22)25-9-7-21-15(23)24-10-16(17,18)19/h3-6,8H,7,9-10H2,1-2H3,(H,21,23). The van der Waals surface area contributed by atoms with Crippen LogP contribution in [0.25, 0.3) is 5.69 Å². The van der Waals surface area contributed by atoms with Gasteiger partial charge >= 0.3 is 12.3 Å². The van der Waals surface area contributed by atoms with Gasteiger partial charge in [-0.2, -0.15) is 13.2 Å². The van der Waals surface area contributed by atoms with E-state index in [0.717, 1.165) is 22.0 Å². The van der Waals surface area contributed by atoms with Crippen LogP contribution in [0.2, 0.25) is 0 Å². The van der Waals surface area contributed by atoms with Crippen LogP contribution in [0.5, 0.6) is 0 Å². The van der Waals surface area contributed by atoms with E-state index in [9.17, 15) is 18.0 Å². The minimum atomic E-state index is -4.53. The van der Waals surface area contributed by atoms with E-state index in [4.69, 9.17) is 0 Å². The number of imidazole rings is 1. The van der Waals surface area contributed by atoms with Gasteiger partial charge in [-0.25, -0.2) is 9.78 Å². The Labute approximate surface area is 147 Å². The van der Waals surface area contributed by atoms with Crippen LogP contribution in [0.3, 0.4) is 0 Å². The minimum absolute atomic E-state index is 0.168. The number of carbonyl (C=O) groups excluding carboxylic acids is 1. The number of benzene rings is 1. The Hall–Kier alpha value is -2.16. The number of alkyl halides is 3. The molecule has 9 heteroatoms. The molecule has 0 spiro atoms. The van der Waals surface area contributed by atoms with Crippen LogP contribution in [-0.4, -0.2) is 40.7 Å². The summed E-state index contributed by atoms with van der Waals surface area (Å²) in [5, 5.41) is 3.01. The van der Waals surface area contributed by atoms with E-state index in [1.54, 1.807) is 6.20 Å². The summed E-state index contributed by atoms with van der Waals surface area (Å²) in [5.74, 6) is 0.447. The lowest BCUT2D eigenvalue weighted by molar-refractivity contribution is -0.160. The second-order valence-electron chi connectivity index (χ2n) is 5.27. The molecule has 0 atom stereocenters. The Morgan fingerprint density at radius 1 is 1.36 bits per heavy atom. The van der Waals surface area contributed by atoms with E-state index in [1.807, 2.05) is 42.8 Å². The van der Waals surface area contributed by atoms with Crippen LogP contribution in [-0.2, 0) is 4.74 Å². The van der Waals surface area contributed by atoms with Crippen LogP contribution < -0.4 is 5.32 Å². The van der Waals surface area contributed by atoms with Gasteiger partial charge in [0.15, 0.2) is 11.8 Å². The molecule has 25 heavy (non-hydrogen) atoms. The van der Waals surface area contributed by atoms with E-state index in [1.165, 1.54) is 11.8 Å². The van der Waals surface area contributed by atoms with E-state index >= 15 is 0 Å². The molecule has 0 bridgehead atoms. The number of amides is 1. The third-order valence-corrected chi connectivity index (χ3v) is 4.38. The zero-order valence-electron chi connectivity index (χ0n) is 13.8. The summed E-state index contributed by atoms with van der Waals surface area (Å²) in [5.41, 5.74) is 3.31. The number of alkyl carbamates (subject to hydrolysis) is 1. The number of hydrogen-bond acceptors (Lipinski definition) is 4. The molecule has 0 radical (unpaired) electrons. The largest absolute Gasteiger partial charge is 0.440 e. The second-order valence-corrected chi connectivity index (χ2v) is 6.33. The number of hydrogen-bond donors (Lipinski definition) is 1. The lowest BCUT2D eigenvalue weighted by Gasteiger charge is -2.12. The smallest absolute Gasteiger partial charge is 0.422 e. The van der Waals surface area contributed by atoms with Gasteiger partial charge in [0.1, 0.15) is 0 Å². The molecule has 1 amide bonds. The fraction of sp³-hybridized carbons (Fsp3) is 0.375. The van der Waals surface area contributed by atoms with E-state index < -0.39 is 18.9 Å². The van der Waals surface area contributed by atoms with Crippen LogP contribution >= 0.6 is 11.8 Å². The molecule has 0 aliphatic heterocycles. The molecule has 0 aliphatic carbocycles. The van der Waals surface area contributed by atoms with Gasteiger partial charge in [0.2, 0.25) is 0 Å². The molecule has 0 saturated carbocycles. The molecular formula is C16H18F3N3O2S. The van der Waals surface area contributed by atoms with Crippen LogP contribution in [0.15, 0.2) is 35.7 Å². The fourth-order valence-corrected chi connectivity index (χ4v) is 2.89. The Morgan fingerprint density at radius 2 is 2.12 bits per heavy atom. The first kappa shape index (κ1) is 19.2. The van der Waals surface area contributed by atoms with E-state index in [-0.39, 0.29) is 6.54 Å². The van der Waals surface area contributed by atoms with Crippen molar-refractivity contribution in [1.29, 1.82) is 0 Å². The predicted molar refractivity (Wildman–Crippen MR) is 89.2 cm³/mol. The fourth-order valence-electron chi connectivity index (χ4n) is 2.07. The molecule has 1 heterocycles. The molecule has 136 valence electrons. The highest BCUT2D eigenvalue weighted by molar-refractivity contribution is 7.99. The van der Waals surface area contributed by atoms with Crippen LogP contribution in [0.1, 0.15) is 11.1 Å². The van der Waals surface area contributed by atoms with Gasteiger partial charge in [0, 0.05) is 24.7 Å². The summed E-state index contributed by atoms with van der Waals surface area (Å²) in [4.78, 5) is 15.4. The number of aryl methyl sites for hydroxylation is 1. The van der Waals surface area contributed by atoms with Crippen molar-refractivity contribution in [3.05, 3.63) is 41.7 Å². The molecule has 0 saturated heterocycles. The normalized spacial score (nSPS) is 11.4. The van der Waals surface area contributed by atoms with E-state index in [2.05, 4.69) is 15.0 Å². The third-order valence-electron chi connectivity index (χ3n) is 3.41. The molecule has 0 aliphatic rings. The summed E-state index contributed by atoms with van der Waals surface area (Å²) >= 11 is 1.39. The van der Waals surface area contributed by atoms with Crippen molar-refractivity contribution in [2.24, 2.45) is 0 Å². The molecule has 1 aromatic heterocycles. The lowest BCUT2D eigenvalue weighted by Crippen LogP contribution is -2.30. The van der Waals surface area contributed by atoms with Crippen molar-refractivity contribution in [2.75, 3.05) is 18.9 Å². The Bertz CT molecular complexity index is 732. The number of ether oxygens (including phenoxy) is 1. The molecular weight excluding hydrogens is 355 g/mol. The van der Waals surface area contributed by atoms with Crippen molar-refractivity contribution in [3.8, 4) is 5.69 Å². The summed E-state index contributed by atoms with van der Waals surface area (Å²) in [6.45, 7) is 2.63. The Balaban J connectivity index is 1.86. The lowest BCUT2D eigenvalue weighted by atomic mass is 10.1. The number of nitrogens with one attached hydrogen (secondary N) is 1. The first-order chi connectivity index (χ1) is 11.8. The Morgan fingerprint density at radius 3 is 2.84 bits per heavy atom. The number of rotatable bonds is 6. The highest BCUT2D eigenvalue weighted by atomic mass is 32.2. The summed E-state index contributed by atoms with van der Waals surface area (Å²) in [7, 11) is 0. The van der Waals surface area contributed by atoms with Crippen molar-refractivity contribution in [1.82, 2.24) is 14.9 Å². The van der Waals surface area contributed by atoms with Crippen molar-refractivity contribution >= 4 is 17.9 Å². The quantitative estimate of drug-likeness (QED) is 0.617. The zero-order valence-corrected chi connectivity index (χ0v) is 14.6. The second kappa shape index (κ2) is 8.28. The highest BCUT2D eigenvalue weighted by Gasteiger charge is 2.29. The molecule has 5 nitrogen and oxygen atoms in total. The topological polar surface area (TPSA) is 56.2 Å². The minimum Gasteiger partial charge on any atom is -0.440 e. The van der Waals surface area contributed by atoms with Crippen molar-refractivity contribution in [2.45, 2.75) is 25.2 Å². The average Bonchev–Trinajstić information content (AvgIpc) is 3.00. The molecule has 2 aromatic rings. The number of halogens is 3. The first-order valence-corrected chi connectivity index (χ1v) is 8.46. The number of thioether (sulfide) groups is 1. The van der Waals surface area contributed by atoms with Crippen molar-refractivity contribution in [3.63, 3.8) is 0 Å². The number of carbonyl (C=O) groups is 1. The summed E-state index contributed by atoms with van der Waals surface area (Å²) < 4.78 is 41.8. The SMILES string of the molecule is Cc1cccc(-n2ccnc2SCCNC(=O)OCC(F)(F)F)c1C. The average molecular weight is 373 g/mol. The number of nitrogens with zero attached hydrogens (tertiary/aromatic N) is 2. The molecule has 2 rings (SSSR count). The molecule has 1 N–H and O–H groups in total. The Kier molecular flexibility index (Phi) is 6.35. The van der Waals surface area contributed by atoms with Crippen LogP contribution in [0, 0.1) is 13.8 Å². The summed E-state index contributed by atoms with van der Waals surface area (Å²) in [6.07, 6.45) is -2.09. The molecule has 0 fully saturated rings. The van der Waals surface area contributed by atoms with Crippen molar-refractivity contribution < 1.29 is 22.7 Å². The van der Waals surface area contributed by atoms with Gasteiger partial charge in [-0.05, 0) is 31.0 Å². The summed E-state index contributed by atoms with van der Waals surface area (Å²) in [6, 6.07) is 5.98. The monoisotopic (exact) mass is 373 g/mol. The number of aromatic nitrogens is 2. The maximum absolute atomic E-state index is 11.9. The maximum atomic E-state index is 11.9. The zero-order chi connectivity index (χ0) is 18.4. The van der Waals surface area contributed by atoms with Gasteiger partial charge in [-0.1, -0.05) is 23.9 Å². The van der Waals surface area contributed by atoms with Gasteiger partial charge in [0.25, 0.3) is 0 Å². The van der Waals surface area contributed by atoms with Gasteiger partial charge in [0.05, 0.1) is 5.69 Å². The first-order valence-electron chi connectivity index (χ1n) is 7.48. The van der Waals surface area contributed by atoms with Gasteiger partial charge in [-0.3, -0.25) is 4.57 Å². The molecule has 0 unspecified atom stereocenters. The third kappa shape index (κ3) is 5.70. The highest BCUT2D eigenvalue weighted by Crippen LogP contribution is 2.24. The van der Waals surface area contributed by atoms with Crippen LogP contribution in [0.4, 0.5) is 18.0 Å².